The van der Waals surface area contributed by atoms with Crippen LogP contribution in [0.15, 0.2) is 24.3 Å². The van der Waals surface area contributed by atoms with E-state index in [1.165, 1.54) is 315 Å². The zero-order valence-electron chi connectivity index (χ0n) is 58.0. The standard InChI is InChI=1S/C77H147NO10/c1-3-5-7-9-11-13-14-15-16-39-42-45-49-53-57-61-65-73(82)86-66-62-58-54-50-46-43-40-37-35-33-31-29-27-25-23-21-19-17-18-20-22-24-26-28-30-32-34-36-38-41-44-48-52-56-60-64-72(81)78-69(70(80)63-59-55-51-47-12-10-8-6-4-2)68-87-77-76(85)75(84)74(83)71(67-79)88-77/h19,21,59,63,69-71,74-77,79-80,83-85H,3-18,20,22-58,60-62,64-68H2,1-2H3,(H,78,81)/b21-19-,63-59+. The molecule has 11 heteroatoms. The first-order valence-corrected chi connectivity index (χ1v) is 38.6. The lowest BCUT2D eigenvalue weighted by Gasteiger charge is -2.40. The average Bonchev–Trinajstić information content (AvgIpc) is 3.48. The van der Waals surface area contributed by atoms with E-state index < -0.39 is 49.5 Å². The number of unbranched alkanes of at least 4 members (excludes halogenated alkanes) is 53. The molecule has 520 valence electrons. The maximum atomic E-state index is 13.0. The fourth-order valence-corrected chi connectivity index (χ4v) is 12.5. The van der Waals surface area contributed by atoms with Crippen LogP contribution < -0.4 is 5.32 Å². The molecule has 0 aliphatic carbocycles. The molecular formula is C77H147NO10. The van der Waals surface area contributed by atoms with Gasteiger partial charge in [0, 0.05) is 12.8 Å². The summed E-state index contributed by atoms with van der Waals surface area (Å²) in [5.41, 5.74) is 0. The van der Waals surface area contributed by atoms with Gasteiger partial charge in [0.15, 0.2) is 6.29 Å². The molecule has 1 fully saturated rings. The van der Waals surface area contributed by atoms with Gasteiger partial charge in [-0.2, -0.15) is 0 Å². The maximum absolute atomic E-state index is 13.0. The molecule has 1 heterocycles. The van der Waals surface area contributed by atoms with Crippen LogP contribution in [0.3, 0.4) is 0 Å². The number of esters is 1. The smallest absolute Gasteiger partial charge is 0.305 e. The zero-order valence-corrected chi connectivity index (χ0v) is 58.0. The molecule has 1 amide bonds. The van der Waals surface area contributed by atoms with Gasteiger partial charge in [-0.1, -0.05) is 346 Å². The van der Waals surface area contributed by atoms with E-state index in [4.69, 9.17) is 14.2 Å². The third kappa shape index (κ3) is 54.7. The van der Waals surface area contributed by atoms with Gasteiger partial charge >= 0.3 is 5.97 Å². The van der Waals surface area contributed by atoms with Crippen molar-refractivity contribution in [2.45, 2.75) is 436 Å². The molecule has 7 atom stereocenters. The number of hydrogen-bond donors (Lipinski definition) is 6. The summed E-state index contributed by atoms with van der Waals surface area (Å²) in [4.78, 5) is 25.1. The molecular weight excluding hydrogens is 1100 g/mol. The number of hydrogen-bond acceptors (Lipinski definition) is 10. The summed E-state index contributed by atoms with van der Waals surface area (Å²) in [6, 6.07) is -0.805. The topological polar surface area (TPSA) is 175 Å². The van der Waals surface area contributed by atoms with Gasteiger partial charge in [-0.3, -0.25) is 9.59 Å². The normalized spacial score (nSPS) is 17.8. The number of rotatable bonds is 69. The van der Waals surface area contributed by atoms with Gasteiger partial charge in [-0.15, -0.1) is 0 Å². The summed E-state index contributed by atoms with van der Waals surface area (Å²) >= 11 is 0. The molecule has 11 nitrogen and oxygen atoms in total. The lowest BCUT2D eigenvalue weighted by Crippen LogP contribution is -2.60. The predicted octanol–water partition coefficient (Wildman–Crippen LogP) is 20.4. The SMILES string of the molecule is CCCCCCCCC/C=C/C(O)C(COC1OC(CO)C(O)C(O)C1O)NC(=O)CCCCCCCCCCCCCCCCCCC/C=C\CCCCCCCCCCCCCCCCOC(=O)CCCCCCCCCCCCCCCCCC. The monoisotopic (exact) mass is 1250 g/mol. The molecule has 0 aromatic carbocycles. The number of carbonyl (C=O) groups excluding carboxylic acids is 2. The first-order chi connectivity index (χ1) is 43.2. The third-order valence-electron chi connectivity index (χ3n) is 18.6. The van der Waals surface area contributed by atoms with Gasteiger partial charge in [0.25, 0.3) is 0 Å². The number of carbonyl (C=O) groups is 2. The van der Waals surface area contributed by atoms with Crippen molar-refractivity contribution in [2.75, 3.05) is 19.8 Å². The van der Waals surface area contributed by atoms with Crippen LogP contribution in [-0.2, 0) is 23.8 Å². The van der Waals surface area contributed by atoms with Crippen LogP contribution in [0.2, 0.25) is 0 Å². The highest BCUT2D eigenvalue weighted by Gasteiger charge is 2.44. The van der Waals surface area contributed by atoms with Gasteiger partial charge in [0.1, 0.15) is 24.4 Å². The number of nitrogens with one attached hydrogen (secondary N) is 1. The summed E-state index contributed by atoms with van der Waals surface area (Å²) in [6.07, 6.45) is 75.1. The third-order valence-corrected chi connectivity index (χ3v) is 18.6. The highest BCUT2D eigenvalue weighted by molar-refractivity contribution is 5.76. The van der Waals surface area contributed by atoms with E-state index in [0.717, 1.165) is 51.4 Å². The molecule has 0 saturated carbocycles. The molecule has 0 spiro atoms. The maximum Gasteiger partial charge on any atom is 0.305 e. The molecule has 0 aromatic heterocycles. The Balaban J connectivity index is 1.86. The zero-order chi connectivity index (χ0) is 63.7. The summed E-state index contributed by atoms with van der Waals surface area (Å²) in [5.74, 6) is -0.161. The van der Waals surface area contributed by atoms with Crippen molar-refractivity contribution in [3.05, 3.63) is 24.3 Å². The van der Waals surface area contributed by atoms with Crippen LogP contribution in [0.1, 0.15) is 393 Å². The molecule has 88 heavy (non-hydrogen) atoms. The predicted molar refractivity (Wildman–Crippen MR) is 371 cm³/mol. The van der Waals surface area contributed by atoms with Crippen molar-refractivity contribution in [1.29, 1.82) is 0 Å². The average molecular weight is 1250 g/mol. The fourth-order valence-electron chi connectivity index (χ4n) is 12.5. The van der Waals surface area contributed by atoms with Gasteiger partial charge < -0.3 is 45.1 Å². The molecule has 1 aliphatic heterocycles. The van der Waals surface area contributed by atoms with E-state index in [1.807, 2.05) is 6.08 Å². The molecule has 6 N–H and O–H groups in total. The fraction of sp³-hybridized carbons (Fsp3) is 0.922. The molecule has 0 bridgehead atoms. The van der Waals surface area contributed by atoms with Gasteiger partial charge in [0.2, 0.25) is 5.91 Å². The number of amides is 1. The van der Waals surface area contributed by atoms with Gasteiger partial charge in [-0.05, 0) is 57.8 Å². The van der Waals surface area contributed by atoms with Crippen LogP contribution in [0.25, 0.3) is 0 Å². The Morgan fingerprint density at radius 3 is 1.09 bits per heavy atom. The lowest BCUT2D eigenvalue weighted by atomic mass is 9.99. The highest BCUT2D eigenvalue weighted by Crippen LogP contribution is 2.24. The Kier molecular flexibility index (Phi) is 63.7. The van der Waals surface area contributed by atoms with Gasteiger partial charge in [0.05, 0.1) is 32.0 Å². The quantitative estimate of drug-likeness (QED) is 0.0195. The summed E-state index contributed by atoms with van der Waals surface area (Å²) in [6.45, 7) is 4.37. The van der Waals surface area contributed by atoms with E-state index in [0.29, 0.717) is 19.4 Å². The summed E-state index contributed by atoms with van der Waals surface area (Å²) in [5, 5.41) is 54.3. The molecule has 7 unspecified atom stereocenters. The van der Waals surface area contributed by atoms with Crippen LogP contribution in [0.5, 0.6) is 0 Å². The minimum Gasteiger partial charge on any atom is -0.466 e. The molecule has 1 rings (SSSR count). The van der Waals surface area contributed by atoms with Crippen LogP contribution in [-0.4, -0.2) is 100 Å². The van der Waals surface area contributed by atoms with Crippen molar-refractivity contribution in [2.24, 2.45) is 0 Å². The minimum atomic E-state index is -1.57. The minimum absolute atomic E-state index is 0.0178. The second-order valence-electron chi connectivity index (χ2n) is 27.1. The van der Waals surface area contributed by atoms with E-state index in [1.54, 1.807) is 6.08 Å². The Bertz CT molecular complexity index is 1510. The largest absolute Gasteiger partial charge is 0.466 e. The number of aliphatic hydroxyl groups is 5. The van der Waals surface area contributed by atoms with Crippen LogP contribution >= 0.6 is 0 Å². The Labute approximate surface area is 543 Å². The number of aliphatic hydroxyl groups excluding tert-OH is 5. The van der Waals surface area contributed by atoms with Gasteiger partial charge in [-0.25, -0.2) is 0 Å². The molecule has 0 radical (unpaired) electrons. The van der Waals surface area contributed by atoms with E-state index >= 15 is 0 Å². The first kappa shape index (κ1) is 84.2. The highest BCUT2D eigenvalue weighted by atomic mass is 16.7. The Hall–Kier alpha value is -1.86. The molecule has 1 saturated heterocycles. The Morgan fingerprint density at radius 1 is 0.409 bits per heavy atom. The van der Waals surface area contributed by atoms with Crippen molar-refractivity contribution < 1.29 is 49.3 Å². The van der Waals surface area contributed by atoms with Crippen LogP contribution in [0, 0.1) is 0 Å². The first-order valence-electron chi connectivity index (χ1n) is 38.6. The van der Waals surface area contributed by atoms with Crippen LogP contribution in [0.4, 0.5) is 0 Å². The number of allylic oxidation sites excluding steroid dienone is 3. The summed E-state index contributed by atoms with van der Waals surface area (Å²) < 4.78 is 16.7. The second kappa shape index (κ2) is 66.6. The van der Waals surface area contributed by atoms with E-state index in [9.17, 15) is 35.1 Å². The summed E-state index contributed by atoms with van der Waals surface area (Å²) in [7, 11) is 0. The van der Waals surface area contributed by atoms with Crippen molar-refractivity contribution >= 4 is 11.9 Å². The number of ether oxygens (including phenoxy) is 3. The molecule has 1 aliphatic rings. The van der Waals surface area contributed by atoms with Crippen molar-refractivity contribution in [3.63, 3.8) is 0 Å². The van der Waals surface area contributed by atoms with Crippen molar-refractivity contribution in [3.8, 4) is 0 Å². The van der Waals surface area contributed by atoms with E-state index in [-0.39, 0.29) is 18.5 Å². The molecule has 0 aromatic rings. The van der Waals surface area contributed by atoms with E-state index in [2.05, 4.69) is 31.3 Å². The second-order valence-corrected chi connectivity index (χ2v) is 27.1. The lowest BCUT2D eigenvalue weighted by molar-refractivity contribution is -0.302. The van der Waals surface area contributed by atoms with Crippen molar-refractivity contribution in [1.82, 2.24) is 5.32 Å². The Morgan fingerprint density at radius 2 is 0.727 bits per heavy atom.